The molecule has 0 aliphatic carbocycles. The Labute approximate surface area is 84.1 Å². The maximum Gasteiger partial charge on any atom is 0.338 e. The quantitative estimate of drug-likeness (QED) is 0.738. The van der Waals surface area contributed by atoms with Crippen molar-refractivity contribution in [3.63, 3.8) is 0 Å². The minimum absolute atomic E-state index is 0.261. The van der Waals surface area contributed by atoms with Crippen LogP contribution in [0.4, 0.5) is 0 Å². The first-order valence-electron chi connectivity index (χ1n) is 4.68. The van der Waals surface area contributed by atoms with Gasteiger partial charge in [-0.3, -0.25) is 0 Å². The van der Waals surface area contributed by atoms with E-state index in [1.165, 1.54) is 0 Å². The highest BCUT2D eigenvalue weighted by Gasteiger charge is 2.04. The molecule has 0 atom stereocenters. The monoisotopic (exact) mass is 193 g/mol. The second-order valence-electron chi connectivity index (χ2n) is 2.95. The maximum atomic E-state index is 11.3. The zero-order valence-electron chi connectivity index (χ0n) is 8.54. The van der Waals surface area contributed by atoms with Crippen LogP contribution >= 0.6 is 0 Å². The predicted molar refractivity (Wildman–Crippen MR) is 55.2 cm³/mol. The highest BCUT2D eigenvalue weighted by Crippen LogP contribution is 2.05. The zero-order valence-corrected chi connectivity index (χ0v) is 8.54. The summed E-state index contributed by atoms with van der Waals surface area (Å²) in [6.07, 6.45) is 0. The Morgan fingerprint density at radius 1 is 1.36 bits per heavy atom. The van der Waals surface area contributed by atoms with Gasteiger partial charge in [0, 0.05) is 6.54 Å². The summed E-state index contributed by atoms with van der Waals surface area (Å²) in [7, 11) is 1.89. The Kier molecular flexibility index (Phi) is 4.13. The summed E-state index contributed by atoms with van der Waals surface area (Å²) in [6.45, 7) is 3.02. The van der Waals surface area contributed by atoms with Gasteiger partial charge in [0.2, 0.25) is 0 Å². The number of hydrogen-bond acceptors (Lipinski definition) is 3. The van der Waals surface area contributed by atoms with E-state index in [0.29, 0.717) is 12.2 Å². The van der Waals surface area contributed by atoms with Gasteiger partial charge in [-0.05, 0) is 31.7 Å². The van der Waals surface area contributed by atoms with E-state index in [-0.39, 0.29) is 5.97 Å². The molecule has 0 bridgehead atoms. The molecule has 3 heteroatoms. The van der Waals surface area contributed by atoms with Crippen molar-refractivity contribution in [2.75, 3.05) is 13.7 Å². The van der Waals surface area contributed by atoms with Crippen LogP contribution < -0.4 is 5.32 Å². The molecular formula is C11H15NO2. The van der Waals surface area contributed by atoms with Gasteiger partial charge in [-0.25, -0.2) is 4.79 Å². The van der Waals surface area contributed by atoms with Crippen molar-refractivity contribution in [2.24, 2.45) is 0 Å². The van der Waals surface area contributed by atoms with Gasteiger partial charge in [0.25, 0.3) is 0 Å². The van der Waals surface area contributed by atoms with Gasteiger partial charge < -0.3 is 10.1 Å². The summed E-state index contributed by atoms with van der Waals surface area (Å²) < 4.78 is 4.87. The molecule has 0 spiro atoms. The summed E-state index contributed by atoms with van der Waals surface area (Å²) in [4.78, 5) is 11.3. The number of rotatable bonds is 4. The molecule has 1 aromatic carbocycles. The van der Waals surface area contributed by atoms with Crippen LogP contribution in [0.25, 0.3) is 0 Å². The zero-order chi connectivity index (χ0) is 10.4. The molecule has 1 rings (SSSR count). The van der Waals surface area contributed by atoms with Gasteiger partial charge in [-0.2, -0.15) is 0 Å². The Balaban J connectivity index is 2.67. The van der Waals surface area contributed by atoms with E-state index in [2.05, 4.69) is 5.32 Å². The third kappa shape index (κ3) is 2.85. The van der Waals surface area contributed by atoms with E-state index >= 15 is 0 Å². The summed E-state index contributed by atoms with van der Waals surface area (Å²) in [5.41, 5.74) is 1.76. The molecule has 0 aliphatic rings. The third-order valence-electron chi connectivity index (χ3n) is 1.85. The number of carbonyl (C=O) groups excluding carboxylic acids is 1. The lowest BCUT2D eigenvalue weighted by molar-refractivity contribution is 0.0526. The Morgan fingerprint density at radius 3 is 2.50 bits per heavy atom. The fraction of sp³-hybridized carbons (Fsp3) is 0.364. The summed E-state index contributed by atoms with van der Waals surface area (Å²) in [5, 5.41) is 3.04. The molecule has 3 nitrogen and oxygen atoms in total. The molecule has 0 unspecified atom stereocenters. The number of benzene rings is 1. The minimum Gasteiger partial charge on any atom is -0.462 e. The van der Waals surface area contributed by atoms with E-state index in [0.717, 1.165) is 12.1 Å². The molecule has 14 heavy (non-hydrogen) atoms. The van der Waals surface area contributed by atoms with Gasteiger partial charge in [0.15, 0.2) is 0 Å². The fourth-order valence-electron chi connectivity index (χ4n) is 1.18. The van der Waals surface area contributed by atoms with Gasteiger partial charge in [-0.15, -0.1) is 0 Å². The van der Waals surface area contributed by atoms with Crippen LogP contribution in [-0.2, 0) is 11.3 Å². The van der Waals surface area contributed by atoms with Crippen LogP contribution in [0.15, 0.2) is 24.3 Å². The molecule has 0 saturated heterocycles. The highest BCUT2D eigenvalue weighted by atomic mass is 16.5. The largest absolute Gasteiger partial charge is 0.462 e. The molecule has 1 N–H and O–H groups in total. The smallest absolute Gasteiger partial charge is 0.338 e. The molecule has 0 amide bonds. The number of nitrogens with one attached hydrogen (secondary N) is 1. The van der Waals surface area contributed by atoms with E-state index in [1.54, 1.807) is 19.1 Å². The molecule has 0 aliphatic heterocycles. The lowest BCUT2D eigenvalue weighted by Crippen LogP contribution is -2.07. The number of hydrogen-bond donors (Lipinski definition) is 1. The first kappa shape index (κ1) is 10.7. The van der Waals surface area contributed by atoms with Crippen molar-refractivity contribution in [1.29, 1.82) is 0 Å². The standard InChI is InChI=1S/C11H15NO2/c1-3-14-11(13)10-6-4-9(5-7-10)8-12-2/h4-7,12H,3,8H2,1-2H3. The first-order valence-corrected chi connectivity index (χ1v) is 4.68. The van der Waals surface area contributed by atoms with Crippen molar-refractivity contribution in [1.82, 2.24) is 5.32 Å². The predicted octanol–water partition coefficient (Wildman–Crippen LogP) is 1.58. The van der Waals surface area contributed by atoms with Gasteiger partial charge in [0.1, 0.15) is 0 Å². The van der Waals surface area contributed by atoms with Crippen molar-refractivity contribution in [3.05, 3.63) is 35.4 Å². The van der Waals surface area contributed by atoms with Gasteiger partial charge in [0.05, 0.1) is 12.2 Å². The number of ether oxygens (including phenoxy) is 1. The summed E-state index contributed by atoms with van der Waals surface area (Å²) in [5.74, 6) is -0.261. The molecule has 0 heterocycles. The minimum atomic E-state index is -0.261. The summed E-state index contributed by atoms with van der Waals surface area (Å²) >= 11 is 0. The van der Waals surface area contributed by atoms with Crippen molar-refractivity contribution < 1.29 is 9.53 Å². The molecule has 1 aromatic rings. The Bertz CT molecular complexity index is 293. The third-order valence-corrected chi connectivity index (χ3v) is 1.85. The van der Waals surface area contributed by atoms with E-state index < -0.39 is 0 Å². The summed E-state index contributed by atoms with van der Waals surface area (Å²) in [6, 6.07) is 7.40. The van der Waals surface area contributed by atoms with Crippen molar-refractivity contribution in [3.8, 4) is 0 Å². The van der Waals surface area contributed by atoms with Gasteiger partial charge in [-0.1, -0.05) is 12.1 Å². The Hall–Kier alpha value is -1.35. The SMILES string of the molecule is CCOC(=O)c1ccc(CNC)cc1. The van der Waals surface area contributed by atoms with E-state index in [9.17, 15) is 4.79 Å². The van der Waals surface area contributed by atoms with Crippen LogP contribution in [0, 0.1) is 0 Å². The maximum absolute atomic E-state index is 11.3. The second kappa shape index (κ2) is 5.40. The van der Waals surface area contributed by atoms with Crippen molar-refractivity contribution >= 4 is 5.97 Å². The molecule has 76 valence electrons. The average Bonchev–Trinajstić information content (AvgIpc) is 2.20. The van der Waals surface area contributed by atoms with Crippen LogP contribution in [0.5, 0.6) is 0 Å². The lowest BCUT2D eigenvalue weighted by Gasteiger charge is -2.03. The average molecular weight is 193 g/mol. The van der Waals surface area contributed by atoms with E-state index in [1.807, 2.05) is 19.2 Å². The van der Waals surface area contributed by atoms with Crippen LogP contribution in [0.1, 0.15) is 22.8 Å². The molecule has 0 saturated carbocycles. The van der Waals surface area contributed by atoms with Crippen molar-refractivity contribution in [2.45, 2.75) is 13.5 Å². The first-order chi connectivity index (χ1) is 6.77. The Morgan fingerprint density at radius 2 is 2.00 bits per heavy atom. The molecule has 0 radical (unpaired) electrons. The number of carbonyl (C=O) groups is 1. The van der Waals surface area contributed by atoms with Crippen LogP contribution in [0.2, 0.25) is 0 Å². The topological polar surface area (TPSA) is 38.3 Å². The van der Waals surface area contributed by atoms with E-state index in [4.69, 9.17) is 4.74 Å². The fourth-order valence-corrected chi connectivity index (χ4v) is 1.18. The second-order valence-corrected chi connectivity index (χ2v) is 2.95. The highest BCUT2D eigenvalue weighted by molar-refractivity contribution is 5.89. The molecule has 0 aromatic heterocycles. The van der Waals surface area contributed by atoms with Gasteiger partial charge >= 0.3 is 5.97 Å². The molecular weight excluding hydrogens is 178 g/mol. The van der Waals surface area contributed by atoms with Crippen LogP contribution in [0.3, 0.4) is 0 Å². The van der Waals surface area contributed by atoms with Crippen LogP contribution in [-0.4, -0.2) is 19.6 Å². The number of esters is 1. The lowest BCUT2D eigenvalue weighted by atomic mass is 10.1. The normalized spacial score (nSPS) is 9.86. The molecule has 0 fully saturated rings.